The quantitative estimate of drug-likeness (QED) is 0.726. The molecule has 0 unspecified atom stereocenters. The third-order valence-corrected chi connectivity index (χ3v) is 2.62. The summed E-state index contributed by atoms with van der Waals surface area (Å²) in [7, 11) is 6.01. The average molecular weight is 239 g/mol. The van der Waals surface area contributed by atoms with E-state index in [9.17, 15) is 4.39 Å². The Balaban J connectivity index is 2.26. The van der Waals surface area contributed by atoms with Crippen molar-refractivity contribution in [3.8, 4) is 0 Å². The number of benzene rings is 1. The maximum Gasteiger partial charge on any atom is 0.146 e. The summed E-state index contributed by atoms with van der Waals surface area (Å²) < 4.78 is 13.5. The molecule has 0 spiro atoms. The summed E-state index contributed by atoms with van der Waals surface area (Å²) in [6, 6.07) is 6.86. The molecule has 96 valence electrons. The molecule has 0 aliphatic heterocycles. The molecule has 0 heterocycles. The summed E-state index contributed by atoms with van der Waals surface area (Å²) >= 11 is 0. The fraction of sp³-hybridized carbons (Fsp3) is 0.538. The number of nitrogens with zero attached hydrogens (tertiary/aromatic N) is 2. The molecule has 0 aliphatic rings. The number of nitrogens with one attached hydrogen (secondary N) is 1. The minimum absolute atomic E-state index is 0.164. The molecule has 17 heavy (non-hydrogen) atoms. The summed E-state index contributed by atoms with van der Waals surface area (Å²) in [5, 5.41) is 3.33. The van der Waals surface area contributed by atoms with Gasteiger partial charge in [0.2, 0.25) is 0 Å². The SMILES string of the molecule is CN(C)CCNCCN(C)c1ccccc1F. The number of halogens is 1. The Morgan fingerprint density at radius 2 is 1.71 bits per heavy atom. The van der Waals surface area contributed by atoms with E-state index in [0.29, 0.717) is 5.69 Å². The van der Waals surface area contributed by atoms with Crippen LogP contribution in [0.4, 0.5) is 10.1 Å². The van der Waals surface area contributed by atoms with Crippen molar-refractivity contribution >= 4 is 5.69 Å². The standard InChI is InChI=1S/C13H22FN3/c1-16(2)10-8-15-9-11-17(3)13-7-5-4-6-12(13)14/h4-7,15H,8-11H2,1-3H3. The number of para-hydroxylation sites is 1. The number of anilines is 1. The largest absolute Gasteiger partial charge is 0.371 e. The first kappa shape index (κ1) is 13.9. The fourth-order valence-corrected chi connectivity index (χ4v) is 1.56. The molecule has 0 aromatic heterocycles. The Labute approximate surface area is 103 Å². The zero-order chi connectivity index (χ0) is 12.7. The zero-order valence-electron chi connectivity index (χ0n) is 10.9. The molecule has 0 saturated heterocycles. The molecule has 4 heteroatoms. The monoisotopic (exact) mass is 239 g/mol. The van der Waals surface area contributed by atoms with Crippen LogP contribution in [0.25, 0.3) is 0 Å². The van der Waals surface area contributed by atoms with Crippen molar-refractivity contribution in [3.63, 3.8) is 0 Å². The Morgan fingerprint density at radius 3 is 2.35 bits per heavy atom. The van der Waals surface area contributed by atoms with Gasteiger partial charge in [-0.2, -0.15) is 0 Å². The molecule has 0 amide bonds. The topological polar surface area (TPSA) is 18.5 Å². The third kappa shape index (κ3) is 5.15. The van der Waals surface area contributed by atoms with E-state index in [0.717, 1.165) is 26.2 Å². The molecule has 1 aromatic rings. The number of likely N-dealkylation sites (N-methyl/N-ethyl adjacent to an activating group) is 2. The minimum Gasteiger partial charge on any atom is -0.371 e. The van der Waals surface area contributed by atoms with Crippen molar-refractivity contribution in [2.24, 2.45) is 0 Å². The molecular weight excluding hydrogens is 217 g/mol. The van der Waals surface area contributed by atoms with Crippen LogP contribution in [0.1, 0.15) is 0 Å². The Morgan fingerprint density at radius 1 is 1.06 bits per heavy atom. The molecule has 0 atom stereocenters. The van der Waals surface area contributed by atoms with Gasteiger partial charge in [-0.15, -0.1) is 0 Å². The first-order valence-electron chi connectivity index (χ1n) is 5.92. The van der Waals surface area contributed by atoms with Crippen molar-refractivity contribution in [3.05, 3.63) is 30.1 Å². The number of hydrogen-bond donors (Lipinski definition) is 1. The van der Waals surface area contributed by atoms with Gasteiger partial charge in [0.1, 0.15) is 5.82 Å². The number of hydrogen-bond acceptors (Lipinski definition) is 3. The van der Waals surface area contributed by atoms with E-state index < -0.39 is 0 Å². The summed E-state index contributed by atoms with van der Waals surface area (Å²) in [5.41, 5.74) is 0.655. The van der Waals surface area contributed by atoms with E-state index in [1.807, 2.05) is 32.1 Å². The van der Waals surface area contributed by atoms with Gasteiger partial charge in [0.25, 0.3) is 0 Å². The smallest absolute Gasteiger partial charge is 0.146 e. The van der Waals surface area contributed by atoms with E-state index in [2.05, 4.69) is 10.2 Å². The molecule has 1 aromatic carbocycles. The second kappa shape index (κ2) is 7.25. The van der Waals surface area contributed by atoms with Crippen LogP contribution in [0.15, 0.2) is 24.3 Å². The molecule has 0 aliphatic carbocycles. The summed E-state index contributed by atoms with van der Waals surface area (Å²) in [4.78, 5) is 4.06. The first-order chi connectivity index (χ1) is 8.11. The molecule has 1 rings (SSSR count). The van der Waals surface area contributed by atoms with Gasteiger partial charge in [0.05, 0.1) is 5.69 Å². The normalized spacial score (nSPS) is 10.9. The number of rotatable bonds is 7. The van der Waals surface area contributed by atoms with Crippen LogP contribution in [-0.4, -0.2) is 52.2 Å². The van der Waals surface area contributed by atoms with Crippen LogP contribution in [0, 0.1) is 5.82 Å². The molecule has 0 bridgehead atoms. The van der Waals surface area contributed by atoms with Gasteiger partial charge in [-0.05, 0) is 26.2 Å². The van der Waals surface area contributed by atoms with E-state index in [1.165, 1.54) is 6.07 Å². The van der Waals surface area contributed by atoms with Crippen LogP contribution in [0.3, 0.4) is 0 Å². The highest BCUT2D eigenvalue weighted by molar-refractivity contribution is 5.46. The Bertz CT molecular complexity index is 328. The van der Waals surface area contributed by atoms with E-state index >= 15 is 0 Å². The van der Waals surface area contributed by atoms with Crippen LogP contribution in [0.5, 0.6) is 0 Å². The predicted molar refractivity (Wildman–Crippen MR) is 71.1 cm³/mol. The predicted octanol–water partition coefficient (Wildman–Crippen LogP) is 1.41. The van der Waals surface area contributed by atoms with Crippen LogP contribution in [-0.2, 0) is 0 Å². The highest BCUT2D eigenvalue weighted by Crippen LogP contribution is 2.16. The molecule has 0 saturated carbocycles. The minimum atomic E-state index is -0.164. The Kier molecular flexibility index (Phi) is 5.94. The lowest BCUT2D eigenvalue weighted by Crippen LogP contribution is -2.33. The van der Waals surface area contributed by atoms with Crippen LogP contribution < -0.4 is 10.2 Å². The van der Waals surface area contributed by atoms with Crippen LogP contribution >= 0.6 is 0 Å². The molecule has 3 nitrogen and oxygen atoms in total. The summed E-state index contributed by atoms with van der Waals surface area (Å²) in [5.74, 6) is -0.164. The second-order valence-electron chi connectivity index (χ2n) is 4.43. The molecule has 0 fully saturated rings. The molecular formula is C13H22FN3. The van der Waals surface area contributed by atoms with E-state index in [-0.39, 0.29) is 5.82 Å². The van der Waals surface area contributed by atoms with Crippen molar-refractivity contribution in [1.82, 2.24) is 10.2 Å². The van der Waals surface area contributed by atoms with Gasteiger partial charge in [0, 0.05) is 33.2 Å². The van der Waals surface area contributed by atoms with Crippen molar-refractivity contribution in [2.45, 2.75) is 0 Å². The maximum absolute atomic E-state index is 13.5. The van der Waals surface area contributed by atoms with Gasteiger partial charge in [-0.3, -0.25) is 0 Å². The lowest BCUT2D eigenvalue weighted by Gasteiger charge is -2.20. The van der Waals surface area contributed by atoms with Gasteiger partial charge in [-0.1, -0.05) is 12.1 Å². The van der Waals surface area contributed by atoms with Gasteiger partial charge in [0.15, 0.2) is 0 Å². The first-order valence-corrected chi connectivity index (χ1v) is 5.92. The second-order valence-corrected chi connectivity index (χ2v) is 4.43. The molecule has 0 radical (unpaired) electrons. The lowest BCUT2D eigenvalue weighted by atomic mass is 10.3. The summed E-state index contributed by atoms with van der Waals surface area (Å²) in [6.45, 7) is 3.63. The summed E-state index contributed by atoms with van der Waals surface area (Å²) in [6.07, 6.45) is 0. The Hall–Kier alpha value is -1.13. The van der Waals surface area contributed by atoms with Gasteiger partial charge < -0.3 is 15.1 Å². The van der Waals surface area contributed by atoms with Gasteiger partial charge in [-0.25, -0.2) is 4.39 Å². The van der Waals surface area contributed by atoms with Crippen molar-refractivity contribution in [2.75, 3.05) is 52.2 Å². The lowest BCUT2D eigenvalue weighted by molar-refractivity contribution is 0.401. The van der Waals surface area contributed by atoms with Gasteiger partial charge >= 0.3 is 0 Å². The van der Waals surface area contributed by atoms with Crippen molar-refractivity contribution in [1.29, 1.82) is 0 Å². The van der Waals surface area contributed by atoms with Crippen molar-refractivity contribution < 1.29 is 4.39 Å². The zero-order valence-corrected chi connectivity index (χ0v) is 10.9. The highest BCUT2D eigenvalue weighted by Gasteiger charge is 2.05. The highest BCUT2D eigenvalue weighted by atomic mass is 19.1. The third-order valence-electron chi connectivity index (χ3n) is 2.62. The fourth-order valence-electron chi connectivity index (χ4n) is 1.56. The molecule has 1 N–H and O–H groups in total. The van der Waals surface area contributed by atoms with E-state index in [4.69, 9.17) is 0 Å². The maximum atomic E-state index is 13.5. The van der Waals surface area contributed by atoms with E-state index in [1.54, 1.807) is 12.1 Å². The van der Waals surface area contributed by atoms with Crippen LogP contribution in [0.2, 0.25) is 0 Å². The average Bonchev–Trinajstić information content (AvgIpc) is 2.28.